The lowest BCUT2D eigenvalue weighted by atomic mass is 10.1. The van der Waals surface area contributed by atoms with Crippen molar-refractivity contribution in [1.82, 2.24) is 0 Å². The molecule has 2 unspecified atom stereocenters. The molecule has 1 aromatic rings. The van der Waals surface area contributed by atoms with Gasteiger partial charge in [0.25, 0.3) is 0 Å². The van der Waals surface area contributed by atoms with E-state index in [2.05, 4.69) is 34.2 Å². The van der Waals surface area contributed by atoms with Gasteiger partial charge < -0.3 is 5.40 Å². The summed E-state index contributed by atoms with van der Waals surface area (Å²) >= 11 is 0. The third-order valence-electron chi connectivity index (χ3n) is 4.74. The molecule has 0 heterocycles. The summed E-state index contributed by atoms with van der Waals surface area (Å²) < 4.78 is 13.0. The normalized spacial score (nSPS) is 22.4. The first-order chi connectivity index (χ1) is 9.24. The Morgan fingerprint density at radius 2 is 1.65 bits per heavy atom. The minimum atomic E-state index is -2.02. The van der Waals surface area contributed by atoms with Gasteiger partial charge >= 0.3 is 0 Å². The highest BCUT2D eigenvalue weighted by Crippen LogP contribution is 2.40. The third kappa shape index (κ3) is 2.65. The first-order valence-corrected chi connectivity index (χ1v) is 9.95. The Bertz CT molecular complexity index is 582. The van der Waals surface area contributed by atoms with Gasteiger partial charge in [-0.2, -0.15) is 0 Å². The van der Waals surface area contributed by atoms with Crippen molar-refractivity contribution >= 4 is 8.24 Å². The van der Waals surface area contributed by atoms with E-state index >= 15 is 0 Å². The Labute approximate surface area is 122 Å². The molecule has 108 valence electrons. The van der Waals surface area contributed by atoms with E-state index in [-0.39, 0.29) is 5.82 Å². The summed E-state index contributed by atoms with van der Waals surface area (Å²) in [6.45, 7) is 11.1. The third-order valence-corrected chi connectivity index (χ3v) is 7.92. The van der Waals surface area contributed by atoms with Crippen LogP contribution in [0.3, 0.4) is 0 Å². The smallest absolute Gasteiger partial charge is 0.153 e. The van der Waals surface area contributed by atoms with Crippen LogP contribution < -0.4 is 5.40 Å². The van der Waals surface area contributed by atoms with E-state index in [0.717, 1.165) is 11.6 Å². The molecule has 0 amide bonds. The molecule has 0 saturated carbocycles. The van der Waals surface area contributed by atoms with Crippen LogP contribution in [0.15, 0.2) is 46.2 Å². The second-order valence-electron chi connectivity index (χ2n) is 6.29. The van der Waals surface area contributed by atoms with Crippen LogP contribution in [0, 0.1) is 11.7 Å². The van der Waals surface area contributed by atoms with Crippen molar-refractivity contribution < 1.29 is 4.39 Å². The lowest BCUT2D eigenvalue weighted by Crippen LogP contribution is -2.49. The van der Waals surface area contributed by atoms with Crippen LogP contribution in [-0.4, -0.2) is 8.24 Å². The molecule has 1 aliphatic rings. The molecule has 0 aliphatic heterocycles. The lowest BCUT2D eigenvalue weighted by Gasteiger charge is -2.29. The fourth-order valence-electron chi connectivity index (χ4n) is 3.41. The summed E-state index contributed by atoms with van der Waals surface area (Å²) in [5.74, 6) is 0.268. The molecule has 1 nitrogen and oxygen atoms in total. The van der Waals surface area contributed by atoms with E-state index in [1.165, 1.54) is 34.0 Å². The maximum atomic E-state index is 13.0. The first-order valence-electron chi connectivity index (χ1n) is 7.16. The first kappa shape index (κ1) is 15.2. The van der Waals surface area contributed by atoms with E-state index in [9.17, 15) is 4.39 Å². The van der Waals surface area contributed by atoms with Crippen LogP contribution in [0.2, 0.25) is 6.55 Å². The van der Waals surface area contributed by atoms with Gasteiger partial charge in [-0.3, -0.25) is 0 Å². The monoisotopic (exact) mass is 289 g/mol. The average Bonchev–Trinajstić information content (AvgIpc) is 2.57. The standard InChI is InChI=1S/C17H24FNSi/c1-11-12(2)14(4)17(13(11)3)20(5,19)10-15-6-8-16(18)9-7-15/h6-9,13H,10,19H2,1-5H3. The summed E-state index contributed by atoms with van der Waals surface area (Å²) in [6.07, 6.45) is 0. The van der Waals surface area contributed by atoms with Crippen LogP contribution in [0.4, 0.5) is 4.39 Å². The predicted molar refractivity (Wildman–Crippen MR) is 86.1 cm³/mol. The summed E-state index contributed by atoms with van der Waals surface area (Å²) in [7, 11) is -2.02. The highest BCUT2D eigenvalue weighted by atomic mass is 28.3. The molecule has 0 fully saturated rings. The van der Waals surface area contributed by atoms with Gasteiger partial charge in [0.2, 0.25) is 0 Å². The van der Waals surface area contributed by atoms with Gasteiger partial charge in [-0.1, -0.05) is 41.9 Å². The summed E-state index contributed by atoms with van der Waals surface area (Å²) in [5.41, 5.74) is 5.36. The number of benzene rings is 1. The fourth-order valence-corrected chi connectivity index (χ4v) is 6.93. The Hall–Kier alpha value is -1.19. The van der Waals surface area contributed by atoms with Crippen molar-refractivity contribution in [1.29, 1.82) is 0 Å². The van der Waals surface area contributed by atoms with Gasteiger partial charge in [0.05, 0.1) is 0 Å². The van der Waals surface area contributed by atoms with Gasteiger partial charge in [-0.05, 0) is 56.0 Å². The van der Waals surface area contributed by atoms with E-state index in [0.29, 0.717) is 5.92 Å². The van der Waals surface area contributed by atoms with Gasteiger partial charge in [-0.15, -0.1) is 0 Å². The molecule has 0 spiro atoms. The predicted octanol–water partition coefficient (Wildman–Crippen LogP) is 4.28. The molecule has 1 aromatic carbocycles. The van der Waals surface area contributed by atoms with Crippen molar-refractivity contribution in [2.45, 2.75) is 40.3 Å². The summed E-state index contributed by atoms with van der Waals surface area (Å²) in [5, 5.41) is 8.21. The number of hydrogen-bond donors (Lipinski definition) is 1. The molecule has 0 bridgehead atoms. The zero-order valence-corrected chi connectivity index (χ0v) is 14.0. The van der Waals surface area contributed by atoms with Crippen LogP contribution >= 0.6 is 0 Å². The SMILES string of the molecule is CC1=C(C)C(C)C([Si](C)(N)Cc2ccc(F)cc2)=C1C. The molecule has 0 aromatic heterocycles. The molecule has 20 heavy (non-hydrogen) atoms. The van der Waals surface area contributed by atoms with E-state index in [4.69, 9.17) is 5.40 Å². The topological polar surface area (TPSA) is 26.0 Å². The van der Waals surface area contributed by atoms with E-state index in [1.807, 2.05) is 12.1 Å². The van der Waals surface area contributed by atoms with Crippen molar-refractivity contribution in [2.24, 2.45) is 11.3 Å². The van der Waals surface area contributed by atoms with Gasteiger partial charge in [0.15, 0.2) is 8.24 Å². The Balaban J connectivity index is 2.30. The second kappa shape index (κ2) is 5.30. The molecule has 2 N–H and O–H groups in total. The lowest BCUT2D eigenvalue weighted by molar-refractivity contribution is 0.627. The molecule has 0 saturated heterocycles. The van der Waals surface area contributed by atoms with Crippen LogP contribution in [0.5, 0.6) is 0 Å². The number of hydrogen-bond acceptors (Lipinski definition) is 1. The highest BCUT2D eigenvalue weighted by Gasteiger charge is 2.37. The zero-order valence-electron chi connectivity index (χ0n) is 13.0. The molecule has 1 aliphatic carbocycles. The number of allylic oxidation sites excluding steroid dienone is 4. The van der Waals surface area contributed by atoms with Crippen molar-refractivity contribution in [3.05, 3.63) is 57.6 Å². The average molecular weight is 289 g/mol. The summed E-state index contributed by atoms with van der Waals surface area (Å²) in [4.78, 5) is 0. The van der Waals surface area contributed by atoms with Crippen LogP contribution in [0.1, 0.15) is 33.3 Å². The van der Waals surface area contributed by atoms with Gasteiger partial charge in [-0.25, -0.2) is 4.39 Å². The quantitative estimate of drug-likeness (QED) is 0.826. The molecular formula is C17H24FNSi. The van der Waals surface area contributed by atoms with E-state index < -0.39 is 8.24 Å². The van der Waals surface area contributed by atoms with Crippen molar-refractivity contribution in [3.63, 3.8) is 0 Å². The molecular weight excluding hydrogens is 265 g/mol. The maximum Gasteiger partial charge on any atom is 0.153 e. The van der Waals surface area contributed by atoms with E-state index in [1.54, 1.807) is 0 Å². The molecule has 2 atom stereocenters. The zero-order chi connectivity index (χ0) is 15.1. The van der Waals surface area contributed by atoms with Crippen LogP contribution in [0.25, 0.3) is 0 Å². The minimum absolute atomic E-state index is 0.188. The van der Waals surface area contributed by atoms with Crippen molar-refractivity contribution in [3.8, 4) is 0 Å². The van der Waals surface area contributed by atoms with Crippen LogP contribution in [-0.2, 0) is 6.04 Å². The van der Waals surface area contributed by atoms with Crippen molar-refractivity contribution in [2.75, 3.05) is 0 Å². The summed E-state index contributed by atoms with van der Waals surface area (Å²) in [6, 6.07) is 7.62. The number of halogens is 1. The Kier molecular flexibility index (Phi) is 4.03. The van der Waals surface area contributed by atoms with Gasteiger partial charge in [0.1, 0.15) is 5.82 Å². The Morgan fingerprint density at radius 1 is 1.10 bits per heavy atom. The minimum Gasteiger partial charge on any atom is -0.347 e. The molecule has 0 radical (unpaired) electrons. The number of nitrogens with two attached hydrogens (primary N) is 1. The Morgan fingerprint density at radius 3 is 2.10 bits per heavy atom. The maximum absolute atomic E-state index is 13.0. The second-order valence-corrected chi connectivity index (χ2v) is 10.0. The highest BCUT2D eigenvalue weighted by molar-refractivity contribution is 6.82. The molecule has 2 rings (SSSR count). The van der Waals surface area contributed by atoms with Gasteiger partial charge in [0, 0.05) is 0 Å². The number of rotatable bonds is 3. The molecule has 3 heteroatoms. The fraction of sp³-hybridized carbons (Fsp3) is 0.412. The largest absolute Gasteiger partial charge is 0.347 e.